The van der Waals surface area contributed by atoms with E-state index in [2.05, 4.69) is 16.6 Å². The second-order valence-corrected chi connectivity index (χ2v) is 8.18. The van der Waals surface area contributed by atoms with Gasteiger partial charge in [0.2, 0.25) is 10.0 Å². The molecule has 3 N–H and O–H groups in total. The highest BCUT2D eigenvalue weighted by molar-refractivity contribution is 8.08. The summed E-state index contributed by atoms with van der Waals surface area (Å²) < 4.78 is 60.6. The molecule has 0 saturated carbocycles. The van der Waals surface area contributed by atoms with Crippen LogP contribution < -0.4 is 10.5 Å². The topological polar surface area (TPSA) is 106 Å². The van der Waals surface area contributed by atoms with Gasteiger partial charge in [0.1, 0.15) is 5.82 Å². The zero-order valence-electron chi connectivity index (χ0n) is 10.6. The van der Waals surface area contributed by atoms with E-state index in [0.29, 0.717) is 0 Å². The Morgan fingerprint density at radius 3 is 2.50 bits per heavy atom. The van der Waals surface area contributed by atoms with Gasteiger partial charge in [-0.05, 0) is 18.2 Å². The highest BCUT2D eigenvalue weighted by Gasteiger charge is 2.19. The van der Waals surface area contributed by atoms with E-state index in [1.54, 1.807) is 0 Å². The van der Waals surface area contributed by atoms with Crippen molar-refractivity contribution in [2.24, 2.45) is 5.73 Å². The molecule has 1 rings (SSSR count). The van der Waals surface area contributed by atoms with Crippen LogP contribution in [0, 0.1) is 17.7 Å². The number of nitrogens with two attached hydrogens (primary N) is 1. The van der Waals surface area contributed by atoms with Crippen molar-refractivity contribution in [3.8, 4) is 11.8 Å². The van der Waals surface area contributed by atoms with Gasteiger partial charge in [-0.15, -0.1) is 0 Å². The lowest BCUT2D eigenvalue weighted by Gasteiger charge is -2.09. The Labute approximate surface area is 117 Å². The third kappa shape index (κ3) is 5.56. The number of nitrogens with one attached hydrogen (secondary N) is 1. The number of anilines is 1. The molecular formula is C11H13FN2O4S2. The van der Waals surface area contributed by atoms with Crippen molar-refractivity contribution in [2.75, 3.05) is 22.6 Å². The Morgan fingerprint density at radius 1 is 1.30 bits per heavy atom. The first kappa shape index (κ1) is 16.4. The van der Waals surface area contributed by atoms with E-state index < -0.39 is 30.8 Å². The highest BCUT2D eigenvalue weighted by atomic mass is 32.3. The van der Waals surface area contributed by atoms with E-state index in [4.69, 9.17) is 5.73 Å². The number of rotatable bonds is 4. The fraction of sp³-hybridized carbons (Fsp3) is 0.273. The third-order valence-electron chi connectivity index (χ3n) is 1.94. The Balaban J connectivity index is 3.15. The van der Waals surface area contributed by atoms with Crippen LogP contribution in [0.3, 0.4) is 0 Å². The standard InChI is InChI=1S/C11H13FN2O4S2/c1-19(15,16)8-20(17,18)14-11-5-4-10(12)7-9(11)3-2-6-13/h4-5,7,14H,6,8,13H2,1H3. The minimum Gasteiger partial charge on any atom is -0.320 e. The molecule has 0 unspecified atom stereocenters. The van der Waals surface area contributed by atoms with Crippen LogP contribution in [0.15, 0.2) is 18.2 Å². The van der Waals surface area contributed by atoms with Crippen molar-refractivity contribution < 1.29 is 21.2 Å². The molecule has 0 radical (unpaired) electrons. The molecule has 1 aromatic rings. The molecule has 0 saturated heterocycles. The molecule has 0 aliphatic rings. The number of sulfonamides is 1. The second-order valence-electron chi connectivity index (χ2n) is 3.96. The number of benzene rings is 1. The van der Waals surface area contributed by atoms with Gasteiger partial charge < -0.3 is 5.73 Å². The summed E-state index contributed by atoms with van der Waals surface area (Å²) in [7, 11) is -7.83. The summed E-state index contributed by atoms with van der Waals surface area (Å²) in [5.74, 6) is 4.37. The number of hydrogen-bond donors (Lipinski definition) is 2. The van der Waals surface area contributed by atoms with Crippen molar-refractivity contribution in [2.45, 2.75) is 0 Å². The van der Waals surface area contributed by atoms with Crippen molar-refractivity contribution in [3.63, 3.8) is 0 Å². The van der Waals surface area contributed by atoms with Gasteiger partial charge in [0, 0.05) is 6.26 Å². The average Bonchev–Trinajstić information content (AvgIpc) is 2.26. The van der Waals surface area contributed by atoms with E-state index in [1.165, 1.54) is 0 Å². The van der Waals surface area contributed by atoms with Crippen LogP contribution in [0.25, 0.3) is 0 Å². The van der Waals surface area contributed by atoms with Gasteiger partial charge in [-0.2, -0.15) is 0 Å². The summed E-state index contributed by atoms with van der Waals surface area (Å²) in [5, 5.41) is -1.07. The summed E-state index contributed by atoms with van der Waals surface area (Å²) in [6.45, 7) is 0.0199. The lowest BCUT2D eigenvalue weighted by molar-refractivity contribution is 0.594. The molecule has 0 fully saturated rings. The predicted octanol–water partition coefficient (Wildman–Crippen LogP) is -0.120. The van der Waals surface area contributed by atoms with Crippen LogP contribution >= 0.6 is 0 Å². The lowest BCUT2D eigenvalue weighted by atomic mass is 10.2. The lowest BCUT2D eigenvalue weighted by Crippen LogP contribution is -2.22. The smallest absolute Gasteiger partial charge is 0.247 e. The summed E-state index contributed by atoms with van der Waals surface area (Å²) in [6, 6.07) is 3.22. The SMILES string of the molecule is CS(=O)(=O)CS(=O)(=O)Nc1ccc(F)cc1C#CCN. The van der Waals surface area contributed by atoms with Gasteiger partial charge in [0.05, 0.1) is 17.8 Å². The molecule has 110 valence electrons. The minimum atomic E-state index is -4.11. The van der Waals surface area contributed by atoms with Gasteiger partial charge in [0.15, 0.2) is 14.9 Å². The van der Waals surface area contributed by atoms with Crippen LogP contribution in [0.2, 0.25) is 0 Å². The Hall–Kier alpha value is -1.63. The van der Waals surface area contributed by atoms with E-state index in [0.717, 1.165) is 24.5 Å². The molecule has 1 aromatic carbocycles. The largest absolute Gasteiger partial charge is 0.320 e. The molecule has 0 aliphatic carbocycles. The summed E-state index contributed by atoms with van der Waals surface area (Å²) in [6.07, 6.45) is 0.798. The van der Waals surface area contributed by atoms with Crippen LogP contribution in [-0.4, -0.2) is 34.7 Å². The first-order valence-corrected chi connectivity index (χ1v) is 9.01. The van der Waals surface area contributed by atoms with Gasteiger partial charge in [-0.1, -0.05) is 11.8 Å². The van der Waals surface area contributed by atoms with Gasteiger partial charge in [-0.3, -0.25) is 4.72 Å². The van der Waals surface area contributed by atoms with Crippen molar-refractivity contribution in [1.29, 1.82) is 0 Å². The Bertz CT molecular complexity index is 761. The molecule has 20 heavy (non-hydrogen) atoms. The van der Waals surface area contributed by atoms with E-state index in [1.807, 2.05) is 0 Å². The molecule has 0 aromatic heterocycles. The summed E-state index contributed by atoms with van der Waals surface area (Å²) >= 11 is 0. The quantitative estimate of drug-likeness (QED) is 0.752. The van der Waals surface area contributed by atoms with Gasteiger partial charge in [-0.25, -0.2) is 21.2 Å². The number of halogens is 1. The fourth-order valence-electron chi connectivity index (χ4n) is 1.33. The first-order valence-electron chi connectivity index (χ1n) is 5.30. The van der Waals surface area contributed by atoms with Crippen molar-refractivity contribution in [3.05, 3.63) is 29.6 Å². The van der Waals surface area contributed by atoms with Crippen LogP contribution in [0.4, 0.5) is 10.1 Å². The second kappa shape index (κ2) is 6.21. The zero-order valence-corrected chi connectivity index (χ0v) is 12.2. The zero-order chi connectivity index (χ0) is 15.4. The Kier molecular flexibility index (Phi) is 5.10. The molecule has 0 amide bonds. The van der Waals surface area contributed by atoms with Gasteiger partial charge in [0.25, 0.3) is 0 Å². The van der Waals surface area contributed by atoms with Crippen LogP contribution in [0.5, 0.6) is 0 Å². The molecule has 0 atom stereocenters. The maximum atomic E-state index is 13.1. The maximum absolute atomic E-state index is 13.1. The maximum Gasteiger partial charge on any atom is 0.247 e. The Morgan fingerprint density at radius 2 is 1.95 bits per heavy atom. The minimum absolute atomic E-state index is 0.00370. The average molecular weight is 320 g/mol. The van der Waals surface area contributed by atoms with Crippen molar-refractivity contribution >= 4 is 25.5 Å². The third-order valence-corrected chi connectivity index (χ3v) is 5.43. The molecule has 6 nitrogen and oxygen atoms in total. The normalized spacial score (nSPS) is 11.6. The van der Waals surface area contributed by atoms with E-state index >= 15 is 0 Å². The number of hydrogen-bond acceptors (Lipinski definition) is 5. The molecule has 9 heteroatoms. The predicted molar refractivity (Wildman–Crippen MR) is 74.6 cm³/mol. The molecule has 0 spiro atoms. The van der Waals surface area contributed by atoms with Crippen LogP contribution in [-0.2, 0) is 19.9 Å². The first-order chi connectivity index (χ1) is 9.13. The molecule has 0 heterocycles. The molecule has 0 aliphatic heterocycles. The van der Waals surface area contributed by atoms with E-state index in [9.17, 15) is 21.2 Å². The summed E-state index contributed by atoms with van der Waals surface area (Å²) in [5.41, 5.74) is 5.26. The van der Waals surface area contributed by atoms with Crippen molar-refractivity contribution in [1.82, 2.24) is 0 Å². The van der Waals surface area contributed by atoms with Crippen LogP contribution in [0.1, 0.15) is 5.56 Å². The monoisotopic (exact) mass is 320 g/mol. The molecular weight excluding hydrogens is 307 g/mol. The molecule has 0 bridgehead atoms. The summed E-state index contributed by atoms with van der Waals surface area (Å²) in [4.78, 5) is 0. The fourth-order valence-corrected chi connectivity index (χ4v) is 4.34. The number of sulfone groups is 1. The van der Waals surface area contributed by atoms with Gasteiger partial charge >= 0.3 is 0 Å². The van der Waals surface area contributed by atoms with E-state index in [-0.39, 0.29) is 17.8 Å². The highest BCUT2D eigenvalue weighted by Crippen LogP contribution is 2.18.